The molecule has 0 bridgehead atoms. The maximum Gasteiger partial charge on any atom is 0.387 e. The highest BCUT2D eigenvalue weighted by atomic mass is 35.5. The third-order valence-electron chi connectivity index (χ3n) is 5.76. The van der Waals surface area contributed by atoms with E-state index < -0.39 is 12.5 Å². The second-order valence-corrected chi connectivity index (χ2v) is 8.45. The van der Waals surface area contributed by atoms with Gasteiger partial charge in [0.05, 0.1) is 5.56 Å². The molecule has 1 aromatic carbocycles. The molecule has 0 saturated carbocycles. The maximum atomic E-state index is 12.8. The zero-order valence-electron chi connectivity index (χ0n) is 16.8. The number of amides is 2. The number of rotatable bonds is 6. The number of fused-ring (bicyclic) bond motifs is 1. The van der Waals surface area contributed by atoms with Gasteiger partial charge in [0.15, 0.2) is 0 Å². The van der Waals surface area contributed by atoms with Gasteiger partial charge in [-0.15, -0.1) is 0 Å². The molecule has 31 heavy (non-hydrogen) atoms. The van der Waals surface area contributed by atoms with E-state index in [0.717, 1.165) is 13.1 Å². The van der Waals surface area contributed by atoms with Gasteiger partial charge >= 0.3 is 6.61 Å². The van der Waals surface area contributed by atoms with Crippen molar-refractivity contribution in [1.82, 2.24) is 19.6 Å². The zero-order chi connectivity index (χ0) is 22.3. The minimum absolute atomic E-state index is 0.0194. The molecule has 0 spiro atoms. The monoisotopic (exact) mass is 453 g/mol. The van der Waals surface area contributed by atoms with Crippen molar-refractivity contribution < 1.29 is 23.1 Å². The summed E-state index contributed by atoms with van der Waals surface area (Å²) in [6.45, 7) is 0.133. The number of primary amides is 1. The number of likely N-dealkylation sites (tertiary alicyclic amines) is 2. The van der Waals surface area contributed by atoms with E-state index in [0.29, 0.717) is 24.9 Å². The normalized spacial score (nSPS) is 21.0. The van der Waals surface area contributed by atoms with Gasteiger partial charge in [0.2, 0.25) is 5.91 Å². The number of benzene rings is 1. The van der Waals surface area contributed by atoms with Crippen molar-refractivity contribution in [2.24, 2.45) is 17.6 Å². The Morgan fingerprint density at radius 3 is 2.55 bits per heavy atom. The van der Waals surface area contributed by atoms with Crippen molar-refractivity contribution in [1.29, 1.82) is 0 Å². The summed E-state index contributed by atoms with van der Waals surface area (Å²) < 4.78 is 31.5. The molecule has 2 N–H and O–H groups in total. The molecule has 2 aliphatic heterocycles. The molecule has 1 aromatic heterocycles. The maximum absolute atomic E-state index is 12.8. The van der Waals surface area contributed by atoms with E-state index in [9.17, 15) is 18.4 Å². The largest absolute Gasteiger partial charge is 0.434 e. The summed E-state index contributed by atoms with van der Waals surface area (Å²) in [5.74, 6) is -0.213. The van der Waals surface area contributed by atoms with Crippen molar-refractivity contribution in [3.8, 4) is 17.0 Å². The fraction of sp³-hybridized carbons (Fsp3) is 0.450. The number of carbonyl (C=O) groups excluding carboxylic acids is 2. The first-order chi connectivity index (χ1) is 14.7. The van der Waals surface area contributed by atoms with E-state index in [2.05, 4.69) is 21.8 Å². The van der Waals surface area contributed by atoms with Crippen molar-refractivity contribution in [3.05, 3.63) is 35.0 Å². The Kier molecular flexibility index (Phi) is 5.85. The van der Waals surface area contributed by atoms with E-state index in [4.69, 9.17) is 17.3 Å². The predicted molar refractivity (Wildman–Crippen MR) is 109 cm³/mol. The van der Waals surface area contributed by atoms with Gasteiger partial charge in [-0.3, -0.25) is 14.3 Å². The van der Waals surface area contributed by atoms with Crippen LogP contribution in [0.4, 0.5) is 8.78 Å². The van der Waals surface area contributed by atoms with Gasteiger partial charge in [0.1, 0.15) is 18.0 Å². The van der Waals surface area contributed by atoms with Crippen LogP contribution >= 0.6 is 11.6 Å². The molecule has 2 fully saturated rings. The third-order valence-corrected chi connectivity index (χ3v) is 5.99. The first kappa shape index (κ1) is 21.5. The lowest BCUT2D eigenvalue weighted by atomic mass is 10.0. The molecule has 2 atom stereocenters. The molecule has 4 rings (SSSR count). The quantitative estimate of drug-likeness (QED) is 0.721. The molecule has 3 heterocycles. The standard InChI is InChI=1S/C20H22ClF2N5O3/c1-26-5-11-7-27(8-12(11)6-26)17(29)10-28-9-15(19(24)30)18(25-28)14-4-13(21)2-3-16(14)31-20(22)23/h2-4,9,11-12,20H,5-8,10H2,1H3,(H2,24,30). The molecule has 2 amide bonds. The summed E-state index contributed by atoms with van der Waals surface area (Å²) >= 11 is 6.01. The predicted octanol–water partition coefficient (Wildman–Crippen LogP) is 1.92. The number of alkyl halides is 2. The molecular formula is C20H22ClF2N5O3. The lowest BCUT2D eigenvalue weighted by molar-refractivity contribution is -0.131. The van der Waals surface area contributed by atoms with E-state index >= 15 is 0 Å². The topological polar surface area (TPSA) is 93.7 Å². The minimum atomic E-state index is -3.07. The summed E-state index contributed by atoms with van der Waals surface area (Å²) in [5, 5.41) is 4.52. The molecule has 166 valence electrons. The van der Waals surface area contributed by atoms with Gasteiger partial charge in [0, 0.05) is 43.0 Å². The number of hydrogen-bond donors (Lipinski definition) is 1. The highest BCUT2D eigenvalue weighted by Crippen LogP contribution is 2.35. The molecule has 2 unspecified atom stereocenters. The second kappa shape index (κ2) is 8.43. The van der Waals surface area contributed by atoms with E-state index in [1.807, 2.05) is 0 Å². The highest BCUT2D eigenvalue weighted by molar-refractivity contribution is 6.31. The average Bonchev–Trinajstić information content (AvgIpc) is 3.35. The highest BCUT2D eigenvalue weighted by Gasteiger charge is 2.40. The Bertz CT molecular complexity index is 1000. The van der Waals surface area contributed by atoms with Gasteiger partial charge in [0.25, 0.3) is 5.91 Å². The van der Waals surface area contributed by atoms with Gasteiger partial charge in [-0.05, 0) is 37.1 Å². The Hall–Kier alpha value is -2.72. The van der Waals surface area contributed by atoms with Crippen molar-refractivity contribution in [2.45, 2.75) is 13.2 Å². The summed E-state index contributed by atoms with van der Waals surface area (Å²) in [6, 6.07) is 4.01. The molecular weight excluding hydrogens is 432 g/mol. The van der Waals surface area contributed by atoms with Crippen molar-refractivity contribution >= 4 is 23.4 Å². The fourth-order valence-electron chi connectivity index (χ4n) is 4.44. The van der Waals surface area contributed by atoms with Crippen LogP contribution in [0.2, 0.25) is 5.02 Å². The number of halogens is 3. The average molecular weight is 454 g/mol. The molecule has 2 aliphatic rings. The number of carbonyl (C=O) groups is 2. The van der Waals surface area contributed by atoms with Gasteiger partial charge < -0.3 is 20.3 Å². The molecule has 0 radical (unpaired) electrons. The second-order valence-electron chi connectivity index (χ2n) is 8.01. The minimum Gasteiger partial charge on any atom is -0.434 e. The lowest BCUT2D eigenvalue weighted by Crippen LogP contribution is -2.34. The van der Waals surface area contributed by atoms with Crippen LogP contribution in [0.3, 0.4) is 0 Å². The first-order valence-corrected chi connectivity index (χ1v) is 10.2. The molecule has 0 aliphatic carbocycles. The number of nitrogens with zero attached hydrogens (tertiary/aromatic N) is 4. The number of aromatic nitrogens is 2. The smallest absolute Gasteiger partial charge is 0.387 e. The zero-order valence-corrected chi connectivity index (χ0v) is 17.6. The lowest BCUT2D eigenvalue weighted by Gasteiger charge is -2.19. The van der Waals surface area contributed by atoms with Gasteiger partial charge in [-0.2, -0.15) is 13.9 Å². The van der Waals surface area contributed by atoms with E-state index in [1.54, 1.807) is 4.90 Å². The fourth-order valence-corrected chi connectivity index (χ4v) is 4.61. The van der Waals surface area contributed by atoms with Crippen LogP contribution < -0.4 is 10.5 Å². The van der Waals surface area contributed by atoms with Crippen LogP contribution in [0.25, 0.3) is 11.3 Å². The summed E-state index contributed by atoms with van der Waals surface area (Å²) in [6.07, 6.45) is 1.34. The Morgan fingerprint density at radius 1 is 1.26 bits per heavy atom. The summed E-state index contributed by atoms with van der Waals surface area (Å²) in [7, 11) is 2.07. The number of ether oxygens (including phenoxy) is 1. The van der Waals surface area contributed by atoms with Crippen molar-refractivity contribution in [3.63, 3.8) is 0 Å². The SMILES string of the molecule is CN1CC2CN(C(=O)Cn3cc(C(N)=O)c(-c4cc(Cl)ccc4OC(F)F)n3)CC2C1. The van der Waals surface area contributed by atoms with Crippen LogP contribution in [0.5, 0.6) is 5.75 Å². The van der Waals surface area contributed by atoms with Crippen molar-refractivity contribution in [2.75, 3.05) is 33.2 Å². The van der Waals surface area contributed by atoms with Crippen LogP contribution in [0.1, 0.15) is 10.4 Å². The van der Waals surface area contributed by atoms with Crippen LogP contribution in [0, 0.1) is 11.8 Å². The van der Waals surface area contributed by atoms with Crippen LogP contribution in [-0.2, 0) is 11.3 Å². The van der Waals surface area contributed by atoms with Gasteiger partial charge in [-0.25, -0.2) is 0 Å². The molecule has 2 aromatic rings. The first-order valence-electron chi connectivity index (χ1n) is 9.79. The Morgan fingerprint density at radius 2 is 1.94 bits per heavy atom. The molecule has 8 nitrogen and oxygen atoms in total. The molecule has 2 saturated heterocycles. The summed E-state index contributed by atoms with van der Waals surface area (Å²) in [5.41, 5.74) is 5.56. The Balaban J connectivity index is 1.58. The van der Waals surface area contributed by atoms with Crippen LogP contribution in [-0.4, -0.2) is 71.2 Å². The molecule has 11 heteroatoms. The third kappa shape index (κ3) is 4.49. The summed E-state index contributed by atoms with van der Waals surface area (Å²) in [4.78, 5) is 28.9. The Labute approximate surface area is 182 Å². The van der Waals surface area contributed by atoms with Gasteiger partial charge in [-0.1, -0.05) is 11.6 Å². The van der Waals surface area contributed by atoms with E-state index in [-0.39, 0.29) is 40.0 Å². The number of nitrogens with two attached hydrogens (primary N) is 1. The number of hydrogen-bond acceptors (Lipinski definition) is 5. The van der Waals surface area contributed by atoms with E-state index in [1.165, 1.54) is 29.1 Å². The van der Waals surface area contributed by atoms with Crippen LogP contribution in [0.15, 0.2) is 24.4 Å².